The molecule has 0 radical (unpaired) electrons. The van der Waals surface area contributed by atoms with Gasteiger partial charge in [0.05, 0.1) is 13.5 Å². The molecule has 0 bridgehead atoms. The van der Waals surface area contributed by atoms with Gasteiger partial charge in [0.25, 0.3) is 0 Å². The van der Waals surface area contributed by atoms with Crippen LogP contribution < -0.4 is 4.74 Å². The average Bonchev–Trinajstić information content (AvgIpc) is 2.35. The summed E-state index contributed by atoms with van der Waals surface area (Å²) < 4.78 is 15.0. The van der Waals surface area contributed by atoms with Crippen LogP contribution in [0.4, 0.5) is 0 Å². The van der Waals surface area contributed by atoms with E-state index in [4.69, 9.17) is 14.2 Å². The van der Waals surface area contributed by atoms with Crippen molar-refractivity contribution in [3.05, 3.63) is 29.8 Å². The van der Waals surface area contributed by atoms with Crippen molar-refractivity contribution in [1.29, 1.82) is 0 Å². The molecule has 4 nitrogen and oxygen atoms in total. The van der Waals surface area contributed by atoms with E-state index in [-0.39, 0.29) is 12.2 Å². The third kappa shape index (κ3) is 3.32. The monoisotopic (exact) mass is 224 g/mol. The maximum absolute atomic E-state index is 11.8. The van der Waals surface area contributed by atoms with Crippen LogP contribution in [0.3, 0.4) is 0 Å². The molecule has 16 heavy (non-hydrogen) atoms. The summed E-state index contributed by atoms with van der Waals surface area (Å²) in [4.78, 5) is 11.8. The lowest BCUT2D eigenvalue weighted by molar-refractivity contribution is -0.0993. The van der Waals surface area contributed by atoms with E-state index in [9.17, 15) is 4.79 Å². The number of ketones is 1. The van der Waals surface area contributed by atoms with Crippen molar-refractivity contribution >= 4 is 5.78 Å². The second-order valence-corrected chi connectivity index (χ2v) is 3.26. The van der Waals surface area contributed by atoms with Crippen LogP contribution in [0.1, 0.15) is 16.8 Å². The maximum atomic E-state index is 11.8. The molecule has 0 amide bonds. The van der Waals surface area contributed by atoms with Crippen molar-refractivity contribution in [1.82, 2.24) is 0 Å². The first-order valence-electron chi connectivity index (χ1n) is 4.94. The molecule has 0 spiro atoms. The number of hydrogen-bond donors (Lipinski definition) is 0. The van der Waals surface area contributed by atoms with Crippen molar-refractivity contribution in [2.45, 2.75) is 12.7 Å². The fraction of sp³-hybridized carbons (Fsp3) is 0.417. The topological polar surface area (TPSA) is 44.8 Å². The molecule has 1 aromatic rings. The van der Waals surface area contributed by atoms with Gasteiger partial charge in [0, 0.05) is 19.8 Å². The first-order chi connectivity index (χ1) is 7.71. The van der Waals surface area contributed by atoms with Gasteiger partial charge in [0.15, 0.2) is 12.1 Å². The molecular weight excluding hydrogens is 208 g/mol. The van der Waals surface area contributed by atoms with Crippen LogP contribution in [-0.2, 0) is 9.47 Å². The molecule has 0 atom stereocenters. The van der Waals surface area contributed by atoms with E-state index < -0.39 is 6.29 Å². The molecule has 0 aliphatic carbocycles. The predicted molar refractivity (Wildman–Crippen MR) is 59.7 cm³/mol. The van der Waals surface area contributed by atoms with E-state index in [0.717, 1.165) is 0 Å². The molecule has 0 unspecified atom stereocenters. The van der Waals surface area contributed by atoms with Crippen LogP contribution in [0.25, 0.3) is 0 Å². The molecule has 0 N–H and O–H groups in total. The summed E-state index contributed by atoms with van der Waals surface area (Å²) in [6.07, 6.45) is -0.307. The molecule has 0 saturated carbocycles. The fourth-order valence-electron chi connectivity index (χ4n) is 1.33. The third-order valence-electron chi connectivity index (χ3n) is 2.27. The van der Waals surface area contributed by atoms with E-state index in [1.807, 2.05) is 0 Å². The average molecular weight is 224 g/mol. The highest BCUT2D eigenvalue weighted by Gasteiger charge is 2.14. The molecule has 4 heteroatoms. The molecule has 88 valence electrons. The molecule has 1 rings (SSSR count). The summed E-state index contributed by atoms with van der Waals surface area (Å²) in [6.45, 7) is 0. The highest BCUT2D eigenvalue weighted by Crippen LogP contribution is 2.15. The molecule has 0 aliphatic rings. The molecule has 0 heterocycles. The zero-order valence-corrected chi connectivity index (χ0v) is 9.73. The van der Waals surface area contributed by atoms with E-state index in [1.165, 1.54) is 14.2 Å². The molecular formula is C12H16O4. The number of Topliss-reactive ketones (excluding diaryl/α,β-unsaturated/α-hetero) is 1. The first-order valence-corrected chi connectivity index (χ1v) is 4.94. The van der Waals surface area contributed by atoms with Crippen LogP contribution in [0.15, 0.2) is 24.3 Å². The van der Waals surface area contributed by atoms with Gasteiger partial charge in [-0.3, -0.25) is 4.79 Å². The number of hydrogen-bond acceptors (Lipinski definition) is 4. The van der Waals surface area contributed by atoms with Gasteiger partial charge in [-0.15, -0.1) is 0 Å². The Hall–Kier alpha value is -1.39. The minimum absolute atomic E-state index is 0.0346. The SMILES string of the molecule is COc1cccc(C(=O)CC(OC)OC)c1. The predicted octanol–water partition coefficient (Wildman–Crippen LogP) is 1.89. The smallest absolute Gasteiger partial charge is 0.168 e. The summed E-state index contributed by atoms with van der Waals surface area (Å²) in [5.74, 6) is 0.629. The number of methoxy groups -OCH3 is 3. The number of rotatable bonds is 6. The van der Waals surface area contributed by atoms with Gasteiger partial charge in [-0.2, -0.15) is 0 Å². The Morgan fingerprint density at radius 3 is 2.50 bits per heavy atom. The lowest BCUT2D eigenvalue weighted by atomic mass is 10.1. The van der Waals surface area contributed by atoms with Crippen LogP contribution in [0, 0.1) is 0 Å². The maximum Gasteiger partial charge on any atom is 0.168 e. The van der Waals surface area contributed by atoms with E-state index in [2.05, 4.69) is 0 Å². The Morgan fingerprint density at radius 2 is 1.94 bits per heavy atom. The van der Waals surface area contributed by atoms with Gasteiger partial charge < -0.3 is 14.2 Å². The van der Waals surface area contributed by atoms with E-state index in [0.29, 0.717) is 11.3 Å². The number of benzene rings is 1. The zero-order chi connectivity index (χ0) is 12.0. The standard InChI is InChI=1S/C12H16O4/c1-14-10-6-4-5-9(7-10)11(13)8-12(15-2)16-3/h4-7,12H,8H2,1-3H3. The molecule has 0 aromatic heterocycles. The van der Waals surface area contributed by atoms with Gasteiger partial charge in [0.1, 0.15) is 5.75 Å². The Kier molecular flexibility index (Phi) is 4.95. The minimum atomic E-state index is -0.501. The Labute approximate surface area is 95.1 Å². The summed E-state index contributed by atoms with van der Waals surface area (Å²) in [6, 6.07) is 7.01. The van der Waals surface area contributed by atoms with Crippen molar-refractivity contribution in [2.24, 2.45) is 0 Å². The number of carbonyl (C=O) groups is 1. The summed E-state index contributed by atoms with van der Waals surface area (Å²) in [5, 5.41) is 0. The van der Waals surface area contributed by atoms with Crippen LogP contribution in [-0.4, -0.2) is 33.4 Å². The van der Waals surface area contributed by atoms with Crippen LogP contribution in [0.5, 0.6) is 5.75 Å². The lowest BCUT2D eigenvalue weighted by Crippen LogP contribution is -2.18. The van der Waals surface area contributed by atoms with Crippen molar-refractivity contribution in [3.63, 3.8) is 0 Å². The summed E-state index contributed by atoms with van der Waals surface area (Å²) >= 11 is 0. The van der Waals surface area contributed by atoms with E-state index in [1.54, 1.807) is 31.4 Å². The number of carbonyl (C=O) groups excluding carboxylic acids is 1. The first kappa shape index (κ1) is 12.7. The normalized spacial score (nSPS) is 10.5. The number of ether oxygens (including phenoxy) is 3. The van der Waals surface area contributed by atoms with Gasteiger partial charge in [-0.1, -0.05) is 12.1 Å². The summed E-state index contributed by atoms with van der Waals surface area (Å²) in [7, 11) is 4.58. The molecule has 1 aromatic carbocycles. The van der Waals surface area contributed by atoms with Crippen molar-refractivity contribution < 1.29 is 19.0 Å². The van der Waals surface area contributed by atoms with Gasteiger partial charge in [0.2, 0.25) is 0 Å². The highest BCUT2D eigenvalue weighted by atomic mass is 16.7. The minimum Gasteiger partial charge on any atom is -0.497 e. The molecule has 0 fully saturated rings. The fourth-order valence-corrected chi connectivity index (χ4v) is 1.33. The van der Waals surface area contributed by atoms with Gasteiger partial charge in [-0.05, 0) is 12.1 Å². The third-order valence-corrected chi connectivity index (χ3v) is 2.27. The van der Waals surface area contributed by atoms with Gasteiger partial charge in [-0.25, -0.2) is 0 Å². The zero-order valence-electron chi connectivity index (χ0n) is 9.73. The second kappa shape index (κ2) is 6.25. The van der Waals surface area contributed by atoms with Gasteiger partial charge >= 0.3 is 0 Å². The van der Waals surface area contributed by atoms with E-state index >= 15 is 0 Å². The lowest BCUT2D eigenvalue weighted by Gasteiger charge is -2.12. The van der Waals surface area contributed by atoms with Crippen LogP contribution >= 0.6 is 0 Å². The highest BCUT2D eigenvalue weighted by molar-refractivity contribution is 5.96. The Balaban J connectivity index is 2.72. The second-order valence-electron chi connectivity index (χ2n) is 3.26. The van der Waals surface area contributed by atoms with Crippen molar-refractivity contribution in [2.75, 3.05) is 21.3 Å². The molecule has 0 aliphatic heterocycles. The van der Waals surface area contributed by atoms with Crippen molar-refractivity contribution in [3.8, 4) is 5.75 Å². The summed E-state index contributed by atoms with van der Waals surface area (Å²) in [5.41, 5.74) is 0.596. The van der Waals surface area contributed by atoms with Crippen LogP contribution in [0.2, 0.25) is 0 Å². The molecule has 0 saturated heterocycles. The Bertz CT molecular complexity index is 345. The quantitative estimate of drug-likeness (QED) is 0.546. The largest absolute Gasteiger partial charge is 0.497 e. The Morgan fingerprint density at radius 1 is 1.25 bits per heavy atom.